The maximum atomic E-state index is 9.70. The Kier molecular flexibility index (Phi) is 7.26. The fraction of sp³-hybridized carbons (Fsp3) is 0.818. The van der Waals surface area contributed by atoms with Crippen LogP contribution in [-0.4, -0.2) is 44.9 Å². The van der Waals surface area contributed by atoms with Crippen LogP contribution >= 0.6 is 11.8 Å². The van der Waals surface area contributed by atoms with E-state index in [2.05, 4.69) is 17.1 Å². The van der Waals surface area contributed by atoms with Gasteiger partial charge in [-0.3, -0.25) is 0 Å². The molecule has 1 atom stereocenters. The largest absolute Gasteiger partial charge is 0.390 e. The van der Waals surface area contributed by atoms with E-state index in [0.29, 0.717) is 25.5 Å². The molecular formula is C11H22N4O2S. The van der Waals surface area contributed by atoms with E-state index >= 15 is 0 Å². The Morgan fingerprint density at radius 1 is 1.44 bits per heavy atom. The average molecular weight is 274 g/mol. The van der Waals surface area contributed by atoms with Crippen molar-refractivity contribution in [2.75, 3.05) is 19.0 Å². The highest BCUT2D eigenvalue weighted by atomic mass is 32.2. The summed E-state index contributed by atoms with van der Waals surface area (Å²) in [5.74, 6) is 1.34. The highest BCUT2D eigenvalue weighted by Crippen LogP contribution is 2.18. The minimum atomic E-state index is -0.483. The van der Waals surface area contributed by atoms with Crippen LogP contribution in [0.25, 0.3) is 0 Å². The first-order valence-corrected chi connectivity index (χ1v) is 7.22. The van der Waals surface area contributed by atoms with E-state index in [1.807, 2.05) is 11.5 Å². The number of aromatic nitrogens is 3. The number of aliphatic hydroxyl groups excluding tert-OH is 1. The normalized spacial score (nSPS) is 12.9. The van der Waals surface area contributed by atoms with E-state index < -0.39 is 6.10 Å². The van der Waals surface area contributed by atoms with Crippen molar-refractivity contribution in [2.24, 2.45) is 5.73 Å². The van der Waals surface area contributed by atoms with Crippen LogP contribution in [-0.2, 0) is 17.8 Å². The topological polar surface area (TPSA) is 86.2 Å². The molecule has 1 unspecified atom stereocenters. The zero-order valence-corrected chi connectivity index (χ0v) is 11.8. The molecule has 104 valence electrons. The Morgan fingerprint density at radius 3 is 2.83 bits per heavy atom. The molecule has 0 fully saturated rings. The van der Waals surface area contributed by atoms with Crippen molar-refractivity contribution in [2.45, 2.75) is 44.6 Å². The molecule has 0 spiro atoms. The molecule has 0 saturated carbocycles. The smallest absolute Gasteiger partial charge is 0.191 e. The fourth-order valence-electron chi connectivity index (χ4n) is 1.50. The van der Waals surface area contributed by atoms with E-state index in [-0.39, 0.29) is 0 Å². The van der Waals surface area contributed by atoms with Gasteiger partial charge in [-0.05, 0) is 13.3 Å². The summed E-state index contributed by atoms with van der Waals surface area (Å²) in [6, 6.07) is 0. The van der Waals surface area contributed by atoms with Gasteiger partial charge in [0.1, 0.15) is 5.82 Å². The number of nitrogens with two attached hydrogens (primary N) is 1. The van der Waals surface area contributed by atoms with Crippen LogP contribution in [0.4, 0.5) is 0 Å². The second-order valence-electron chi connectivity index (χ2n) is 3.88. The van der Waals surface area contributed by atoms with Gasteiger partial charge < -0.3 is 20.1 Å². The minimum absolute atomic E-state index is 0.356. The molecule has 1 aromatic rings. The number of rotatable bonds is 9. The molecule has 0 saturated heterocycles. The van der Waals surface area contributed by atoms with Gasteiger partial charge >= 0.3 is 0 Å². The molecule has 7 heteroatoms. The van der Waals surface area contributed by atoms with Crippen LogP contribution < -0.4 is 5.73 Å². The average Bonchev–Trinajstić information content (AvgIpc) is 2.76. The predicted octanol–water partition coefficient (Wildman–Crippen LogP) is 0.636. The molecule has 1 heterocycles. The SMILES string of the molecule is CCCn1c(CN)nnc1SCC(O)COCC. The van der Waals surface area contributed by atoms with E-state index in [1.165, 1.54) is 11.8 Å². The molecule has 0 aliphatic rings. The lowest BCUT2D eigenvalue weighted by Gasteiger charge is -2.11. The van der Waals surface area contributed by atoms with E-state index in [9.17, 15) is 5.11 Å². The standard InChI is InChI=1S/C11H22N4O2S/c1-3-5-15-10(6-12)13-14-11(15)18-8-9(16)7-17-4-2/h9,16H,3-8,12H2,1-2H3. The third-order valence-electron chi connectivity index (χ3n) is 2.34. The molecule has 1 aromatic heterocycles. The Morgan fingerprint density at radius 2 is 2.22 bits per heavy atom. The van der Waals surface area contributed by atoms with Crippen molar-refractivity contribution in [3.63, 3.8) is 0 Å². The zero-order chi connectivity index (χ0) is 13.4. The first kappa shape index (κ1) is 15.4. The number of ether oxygens (including phenoxy) is 1. The van der Waals surface area contributed by atoms with E-state index in [1.54, 1.807) is 0 Å². The third kappa shape index (κ3) is 4.56. The van der Waals surface area contributed by atoms with Gasteiger partial charge in [-0.2, -0.15) is 0 Å². The van der Waals surface area contributed by atoms with Crippen molar-refractivity contribution in [1.82, 2.24) is 14.8 Å². The van der Waals surface area contributed by atoms with E-state index in [0.717, 1.165) is 23.9 Å². The lowest BCUT2D eigenvalue weighted by molar-refractivity contribution is 0.0551. The van der Waals surface area contributed by atoms with Gasteiger partial charge in [-0.15, -0.1) is 10.2 Å². The Bertz CT molecular complexity index is 346. The molecule has 3 N–H and O–H groups in total. The summed E-state index contributed by atoms with van der Waals surface area (Å²) in [4.78, 5) is 0. The fourth-order valence-corrected chi connectivity index (χ4v) is 2.39. The lowest BCUT2D eigenvalue weighted by atomic mass is 10.4. The first-order chi connectivity index (χ1) is 8.72. The Hall–Kier alpha value is -0.630. The van der Waals surface area contributed by atoms with Gasteiger partial charge in [0.05, 0.1) is 19.3 Å². The van der Waals surface area contributed by atoms with Gasteiger partial charge in [0, 0.05) is 18.9 Å². The number of aliphatic hydroxyl groups is 1. The zero-order valence-electron chi connectivity index (χ0n) is 11.0. The van der Waals surface area contributed by atoms with Crippen molar-refractivity contribution in [1.29, 1.82) is 0 Å². The molecule has 0 radical (unpaired) electrons. The molecule has 6 nitrogen and oxygen atoms in total. The summed E-state index contributed by atoms with van der Waals surface area (Å²) in [7, 11) is 0. The van der Waals surface area contributed by atoms with Gasteiger partial charge in [0.25, 0.3) is 0 Å². The van der Waals surface area contributed by atoms with Crippen LogP contribution in [0.3, 0.4) is 0 Å². The Balaban J connectivity index is 2.53. The van der Waals surface area contributed by atoms with Crippen molar-refractivity contribution in [3.8, 4) is 0 Å². The highest BCUT2D eigenvalue weighted by molar-refractivity contribution is 7.99. The molecule has 0 aliphatic carbocycles. The van der Waals surface area contributed by atoms with Crippen molar-refractivity contribution in [3.05, 3.63) is 5.82 Å². The quantitative estimate of drug-likeness (QED) is 0.643. The monoisotopic (exact) mass is 274 g/mol. The Labute approximate surface area is 112 Å². The van der Waals surface area contributed by atoms with Crippen molar-refractivity contribution >= 4 is 11.8 Å². The van der Waals surface area contributed by atoms with Crippen LogP contribution in [0.1, 0.15) is 26.1 Å². The van der Waals surface area contributed by atoms with Crippen LogP contribution in [0, 0.1) is 0 Å². The van der Waals surface area contributed by atoms with Crippen LogP contribution in [0.2, 0.25) is 0 Å². The number of hydrogen-bond donors (Lipinski definition) is 2. The van der Waals surface area contributed by atoms with Gasteiger partial charge in [0.2, 0.25) is 0 Å². The van der Waals surface area contributed by atoms with E-state index in [4.69, 9.17) is 10.5 Å². The summed E-state index contributed by atoms with van der Waals surface area (Å²) in [5, 5.41) is 18.7. The summed E-state index contributed by atoms with van der Waals surface area (Å²) in [5.41, 5.74) is 5.61. The minimum Gasteiger partial charge on any atom is -0.390 e. The van der Waals surface area contributed by atoms with Gasteiger partial charge in [-0.1, -0.05) is 18.7 Å². The number of thioether (sulfide) groups is 1. The second-order valence-corrected chi connectivity index (χ2v) is 4.87. The van der Waals surface area contributed by atoms with Crippen LogP contribution in [0.5, 0.6) is 0 Å². The maximum Gasteiger partial charge on any atom is 0.191 e. The summed E-state index contributed by atoms with van der Waals surface area (Å²) >= 11 is 1.49. The molecule has 0 aliphatic heterocycles. The molecule has 0 aromatic carbocycles. The number of nitrogens with zero attached hydrogens (tertiary/aromatic N) is 3. The van der Waals surface area contributed by atoms with Crippen molar-refractivity contribution < 1.29 is 9.84 Å². The molecular weight excluding hydrogens is 252 g/mol. The summed E-state index contributed by atoms with van der Waals surface area (Å²) in [6.45, 7) is 6.21. The molecule has 18 heavy (non-hydrogen) atoms. The molecule has 0 amide bonds. The highest BCUT2D eigenvalue weighted by Gasteiger charge is 2.13. The maximum absolute atomic E-state index is 9.70. The lowest BCUT2D eigenvalue weighted by Crippen LogP contribution is -2.18. The molecule has 0 bridgehead atoms. The first-order valence-electron chi connectivity index (χ1n) is 6.23. The third-order valence-corrected chi connectivity index (χ3v) is 3.45. The predicted molar refractivity (Wildman–Crippen MR) is 71.4 cm³/mol. The number of hydrogen-bond acceptors (Lipinski definition) is 6. The van der Waals surface area contributed by atoms with Gasteiger partial charge in [0.15, 0.2) is 5.16 Å². The van der Waals surface area contributed by atoms with Gasteiger partial charge in [-0.25, -0.2) is 0 Å². The second kappa shape index (κ2) is 8.47. The molecule has 1 rings (SSSR count). The van der Waals surface area contributed by atoms with Crippen LogP contribution in [0.15, 0.2) is 5.16 Å². The summed E-state index contributed by atoms with van der Waals surface area (Å²) < 4.78 is 7.17. The summed E-state index contributed by atoms with van der Waals surface area (Å²) in [6.07, 6.45) is 0.517.